The molecule has 1 aromatic carbocycles. The van der Waals surface area contributed by atoms with Crippen LogP contribution < -0.4 is 0 Å². The zero-order valence-corrected chi connectivity index (χ0v) is 11.4. The molecular formula is C12H16Cl2O3. The summed E-state index contributed by atoms with van der Waals surface area (Å²) >= 11 is 11.1. The predicted molar refractivity (Wildman–Crippen MR) is 69.6 cm³/mol. The molecule has 0 unspecified atom stereocenters. The van der Waals surface area contributed by atoms with Gasteiger partial charge >= 0.3 is 5.97 Å². The second kappa shape index (κ2) is 10.4. The molecule has 0 saturated heterocycles. The van der Waals surface area contributed by atoms with Crippen LogP contribution in [0.5, 0.6) is 0 Å². The van der Waals surface area contributed by atoms with E-state index in [9.17, 15) is 4.79 Å². The maximum atomic E-state index is 10.1. The van der Waals surface area contributed by atoms with E-state index in [2.05, 4.69) is 4.74 Å². The Morgan fingerprint density at radius 2 is 1.82 bits per heavy atom. The Labute approximate surface area is 112 Å². The van der Waals surface area contributed by atoms with Crippen molar-refractivity contribution in [2.75, 3.05) is 19.8 Å². The van der Waals surface area contributed by atoms with Crippen molar-refractivity contribution in [3.8, 4) is 0 Å². The van der Waals surface area contributed by atoms with E-state index in [-0.39, 0.29) is 5.97 Å². The monoisotopic (exact) mass is 278 g/mol. The molecule has 0 atom stereocenters. The average molecular weight is 279 g/mol. The Kier molecular flexibility index (Phi) is 9.92. The lowest BCUT2D eigenvalue weighted by Crippen LogP contribution is -2.06. The minimum atomic E-state index is -0.255. The summed E-state index contributed by atoms with van der Waals surface area (Å²) in [6, 6.07) is 7.08. The third kappa shape index (κ3) is 11.5. The van der Waals surface area contributed by atoms with Gasteiger partial charge < -0.3 is 9.47 Å². The summed E-state index contributed by atoms with van der Waals surface area (Å²) in [5.41, 5.74) is 0. The van der Waals surface area contributed by atoms with Crippen molar-refractivity contribution < 1.29 is 14.3 Å². The number of hydrogen-bond donors (Lipinski definition) is 0. The van der Waals surface area contributed by atoms with Crippen LogP contribution in [0.4, 0.5) is 0 Å². The molecule has 0 heterocycles. The Hall–Kier alpha value is -0.770. The second-order valence-electron chi connectivity index (χ2n) is 2.98. The number of rotatable bonds is 4. The summed E-state index contributed by atoms with van der Waals surface area (Å²) in [6.45, 7) is 4.81. The van der Waals surface area contributed by atoms with Gasteiger partial charge in [-0.3, -0.25) is 4.79 Å². The lowest BCUT2D eigenvalue weighted by atomic mass is 10.4. The minimum Gasteiger partial charge on any atom is -0.463 e. The van der Waals surface area contributed by atoms with Crippen molar-refractivity contribution in [1.82, 2.24) is 0 Å². The van der Waals surface area contributed by atoms with Crippen molar-refractivity contribution in [3.63, 3.8) is 0 Å². The maximum Gasteiger partial charge on any atom is 0.302 e. The van der Waals surface area contributed by atoms with E-state index in [1.54, 1.807) is 18.2 Å². The SMILES string of the molecule is CCOCCOC(C)=O.Clc1cccc(Cl)c1. The molecule has 3 nitrogen and oxygen atoms in total. The van der Waals surface area contributed by atoms with E-state index in [0.717, 1.165) is 0 Å². The highest BCUT2D eigenvalue weighted by Crippen LogP contribution is 2.13. The van der Waals surface area contributed by atoms with Crippen LogP contribution >= 0.6 is 23.2 Å². The lowest BCUT2D eigenvalue weighted by molar-refractivity contribution is -0.142. The third-order valence-corrected chi connectivity index (χ3v) is 1.99. The number of halogens is 2. The van der Waals surface area contributed by atoms with Crippen LogP contribution in [0.25, 0.3) is 0 Å². The zero-order chi connectivity index (χ0) is 13.1. The predicted octanol–water partition coefficient (Wildman–Crippen LogP) is 3.58. The fourth-order valence-electron chi connectivity index (χ4n) is 0.849. The highest BCUT2D eigenvalue weighted by atomic mass is 35.5. The van der Waals surface area contributed by atoms with E-state index in [0.29, 0.717) is 29.9 Å². The topological polar surface area (TPSA) is 35.5 Å². The molecule has 0 aliphatic heterocycles. The molecule has 0 fully saturated rings. The fraction of sp³-hybridized carbons (Fsp3) is 0.417. The molecule has 0 saturated carbocycles. The molecule has 0 amide bonds. The summed E-state index contributed by atoms with van der Waals surface area (Å²) < 4.78 is 9.49. The van der Waals surface area contributed by atoms with Crippen LogP contribution in [0, 0.1) is 0 Å². The van der Waals surface area contributed by atoms with Crippen LogP contribution in [0.15, 0.2) is 24.3 Å². The Morgan fingerprint density at radius 3 is 2.18 bits per heavy atom. The maximum absolute atomic E-state index is 10.1. The normalized spacial score (nSPS) is 9.18. The molecule has 5 heteroatoms. The van der Waals surface area contributed by atoms with E-state index in [1.807, 2.05) is 13.0 Å². The number of benzene rings is 1. The molecule has 96 valence electrons. The quantitative estimate of drug-likeness (QED) is 0.624. The summed E-state index contributed by atoms with van der Waals surface area (Å²) in [4.78, 5) is 10.1. The highest BCUT2D eigenvalue weighted by molar-refractivity contribution is 6.34. The number of carbonyl (C=O) groups excluding carboxylic acids is 1. The zero-order valence-electron chi connectivity index (χ0n) is 9.91. The summed E-state index contributed by atoms with van der Waals surface area (Å²) in [5.74, 6) is -0.255. The smallest absolute Gasteiger partial charge is 0.302 e. The van der Waals surface area contributed by atoms with Gasteiger partial charge in [0.05, 0.1) is 6.61 Å². The van der Waals surface area contributed by atoms with Crippen molar-refractivity contribution in [2.45, 2.75) is 13.8 Å². The Morgan fingerprint density at radius 1 is 1.24 bits per heavy atom. The first-order valence-corrected chi connectivity index (χ1v) is 5.94. The van der Waals surface area contributed by atoms with Crippen LogP contribution in [-0.4, -0.2) is 25.8 Å². The van der Waals surface area contributed by atoms with Gasteiger partial charge in [0.1, 0.15) is 6.61 Å². The van der Waals surface area contributed by atoms with E-state index in [4.69, 9.17) is 27.9 Å². The largest absolute Gasteiger partial charge is 0.463 e. The van der Waals surface area contributed by atoms with Crippen molar-refractivity contribution in [3.05, 3.63) is 34.3 Å². The fourth-order valence-corrected chi connectivity index (χ4v) is 1.28. The molecule has 1 rings (SSSR count). The van der Waals surface area contributed by atoms with E-state index >= 15 is 0 Å². The summed E-state index contributed by atoms with van der Waals surface area (Å²) in [7, 11) is 0. The highest BCUT2D eigenvalue weighted by Gasteiger charge is 1.89. The summed E-state index contributed by atoms with van der Waals surface area (Å²) in [6.07, 6.45) is 0. The van der Waals surface area contributed by atoms with Crippen molar-refractivity contribution in [1.29, 1.82) is 0 Å². The molecule has 17 heavy (non-hydrogen) atoms. The van der Waals surface area contributed by atoms with E-state index < -0.39 is 0 Å². The molecule has 1 aromatic rings. The van der Waals surface area contributed by atoms with Crippen molar-refractivity contribution in [2.24, 2.45) is 0 Å². The number of esters is 1. The molecule has 0 radical (unpaired) electrons. The molecule has 0 aliphatic rings. The second-order valence-corrected chi connectivity index (χ2v) is 3.85. The molecule has 0 aliphatic carbocycles. The van der Waals surface area contributed by atoms with E-state index in [1.165, 1.54) is 6.92 Å². The van der Waals surface area contributed by atoms with Gasteiger partial charge in [0, 0.05) is 23.6 Å². The molecule has 0 spiro atoms. The van der Waals surface area contributed by atoms with Gasteiger partial charge in [-0.2, -0.15) is 0 Å². The van der Waals surface area contributed by atoms with Crippen LogP contribution in [-0.2, 0) is 14.3 Å². The average Bonchev–Trinajstić information content (AvgIpc) is 2.25. The Balaban J connectivity index is 0.000000302. The minimum absolute atomic E-state index is 0.255. The number of hydrogen-bond acceptors (Lipinski definition) is 3. The van der Waals surface area contributed by atoms with Gasteiger partial charge in [-0.1, -0.05) is 29.3 Å². The van der Waals surface area contributed by atoms with Gasteiger partial charge in [0.15, 0.2) is 0 Å². The number of ether oxygens (including phenoxy) is 2. The first-order valence-electron chi connectivity index (χ1n) is 5.18. The van der Waals surface area contributed by atoms with Gasteiger partial charge in [0.25, 0.3) is 0 Å². The van der Waals surface area contributed by atoms with Crippen LogP contribution in [0.3, 0.4) is 0 Å². The van der Waals surface area contributed by atoms with Gasteiger partial charge in [-0.05, 0) is 25.1 Å². The standard InChI is InChI=1S/C6H4Cl2.C6H12O3/c7-5-2-1-3-6(8)4-5;1-3-8-4-5-9-6(2)7/h1-4H;3-5H2,1-2H3. The van der Waals surface area contributed by atoms with Gasteiger partial charge in [0.2, 0.25) is 0 Å². The molecule has 0 bridgehead atoms. The number of carbonyl (C=O) groups is 1. The summed E-state index contributed by atoms with van der Waals surface area (Å²) in [5, 5.41) is 1.36. The molecular weight excluding hydrogens is 263 g/mol. The first-order chi connectivity index (χ1) is 8.06. The first kappa shape index (κ1) is 16.2. The molecule has 0 N–H and O–H groups in total. The van der Waals surface area contributed by atoms with Gasteiger partial charge in [-0.15, -0.1) is 0 Å². The van der Waals surface area contributed by atoms with Crippen molar-refractivity contribution >= 4 is 29.2 Å². The third-order valence-electron chi connectivity index (χ3n) is 1.52. The van der Waals surface area contributed by atoms with Gasteiger partial charge in [-0.25, -0.2) is 0 Å². The van der Waals surface area contributed by atoms with Crippen LogP contribution in [0.2, 0.25) is 10.0 Å². The lowest BCUT2D eigenvalue weighted by Gasteiger charge is -1.99. The van der Waals surface area contributed by atoms with Crippen LogP contribution in [0.1, 0.15) is 13.8 Å². The molecule has 0 aromatic heterocycles. The Bertz CT molecular complexity index is 312.